The zero-order valence-corrected chi connectivity index (χ0v) is 10.5. The lowest BCUT2D eigenvalue weighted by Crippen LogP contribution is -2.01. The van der Waals surface area contributed by atoms with Crippen molar-refractivity contribution in [3.05, 3.63) is 34.1 Å². The third-order valence-electron chi connectivity index (χ3n) is 1.86. The largest absolute Gasteiger partial charge is 0.206 e. The number of hydrogen-bond acceptors (Lipinski definition) is 0. The summed E-state index contributed by atoms with van der Waals surface area (Å²) < 4.78 is 13.7. The number of halogens is 3. The molecular weight excluding hydrogens is 299 g/mol. The fourth-order valence-corrected chi connectivity index (χ4v) is 1.79. The third kappa shape index (κ3) is 3.06. The molecule has 1 aromatic carbocycles. The Bertz CT molecular complexity index is 286. The zero-order chi connectivity index (χ0) is 9.84. The van der Waals surface area contributed by atoms with Crippen molar-refractivity contribution in [3.63, 3.8) is 0 Å². The topological polar surface area (TPSA) is 0 Å². The monoisotopic (exact) mass is 308 g/mol. The van der Waals surface area contributed by atoms with E-state index in [9.17, 15) is 4.39 Å². The fraction of sp³-hybridized carbons (Fsp3) is 0.400. The summed E-state index contributed by atoms with van der Waals surface area (Å²) in [6.07, 6.45) is 0.892. The average molecular weight is 310 g/mol. The van der Waals surface area contributed by atoms with Gasteiger partial charge < -0.3 is 0 Å². The first-order valence-corrected chi connectivity index (χ1v) is 6.05. The van der Waals surface area contributed by atoms with E-state index in [1.807, 2.05) is 6.07 Å². The van der Waals surface area contributed by atoms with Gasteiger partial charge in [-0.15, -0.1) is 0 Å². The average Bonchev–Trinajstić information content (AvgIpc) is 2.13. The Morgan fingerprint density at radius 1 is 1.46 bits per heavy atom. The summed E-state index contributed by atoms with van der Waals surface area (Å²) in [6.45, 7) is 2.13. The van der Waals surface area contributed by atoms with E-state index < -0.39 is 0 Å². The van der Waals surface area contributed by atoms with Gasteiger partial charge in [-0.25, -0.2) is 4.39 Å². The minimum atomic E-state index is -0.181. The second-order valence-electron chi connectivity index (χ2n) is 3.18. The van der Waals surface area contributed by atoms with E-state index in [1.54, 1.807) is 6.07 Å². The van der Waals surface area contributed by atoms with Crippen molar-refractivity contribution in [1.29, 1.82) is 0 Å². The summed E-state index contributed by atoms with van der Waals surface area (Å²) in [5, 5.41) is 0.940. The van der Waals surface area contributed by atoms with Gasteiger partial charge in [0.1, 0.15) is 5.82 Å². The second-order valence-corrected chi connectivity index (χ2v) is 4.62. The van der Waals surface area contributed by atoms with Crippen LogP contribution in [0.3, 0.4) is 0 Å². The third-order valence-corrected chi connectivity index (χ3v) is 3.86. The van der Waals surface area contributed by atoms with E-state index in [2.05, 4.69) is 38.8 Å². The van der Waals surface area contributed by atoms with E-state index in [0.29, 0.717) is 10.4 Å². The zero-order valence-electron chi connectivity index (χ0n) is 7.36. The Morgan fingerprint density at radius 3 is 2.77 bits per heavy atom. The van der Waals surface area contributed by atoms with Gasteiger partial charge in [0.05, 0.1) is 4.47 Å². The van der Waals surface area contributed by atoms with Crippen LogP contribution in [-0.2, 0) is 6.42 Å². The van der Waals surface area contributed by atoms with Gasteiger partial charge in [0.2, 0.25) is 0 Å². The van der Waals surface area contributed by atoms with Gasteiger partial charge in [-0.1, -0.05) is 35.0 Å². The highest BCUT2D eigenvalue weighted by Gasteiger charge is 2.08. The maximum Gasteiger partial charge on any atom is 0.137 e. The molecule has 0 aliphatic rings. The molecule has 13 heavy (non-hydrogen) atoms. The van der Waals surface area contributed by atoms with Crippen molar-refractivity contribution in [2.45, 2.75) is 13.3 Å². The Morgan fingerprint density at radius 2 is 2.15 bits per heavy atom. The smallest absolute Gasteiger partial charge is 0.137 e. The van der Waals surface area contributed by atoms with Crippen LogP contribution in [0.15, 0.2) is 22.7 Å². The molecule has 0 bridgehead atoms. The molecular formula is C10H11Br2F. The maximum absolute atomic E-state index is 13.1. The van der Waals surface area contributed by atoms with E-state index in [0.717, 1.165) is 17.3 Å². The standard InChI is InChI=1S/C10H11Br2F/c1-7(6-11)5-8-3-2-4-9(13)10(8)12/h2-4,7H,5-6H2,1H3. The van der Waals surface area contributed by atoms with Crippen molar-refractivity contribution < 1.29 is 4.39 Å². The quantitative estimate of drug-likeness (QED) is 0.735. The summed E-state index contributed by atoms with van der Waals surface area (Å²) in [5.41, 5.74) is 1.03. The van der Waals surface area contributed by atoms with Crippen LogP contribution >= 0.6 is 31.9 Å². The molecule has 0 nitrogen and oxygen atoms in total. The molecule has 0 saturated carbocycles. The van der Waals surface area contributed by atoms with Crippen LogP contribution in [-0.4, -0.2) is 5.33 Å². The van der Waals surface area contributed by atoms with Crippen molar-refractivity contribution >= 4 is 31.9 Å². The molecule has 3 heteroatoms. The minimum Gasteiger partial charge on any atom is -0.206 e. The lowest BCUT2D eigenvalue weighted by Gasteiger charge is -2.09. The first-order valence-electron chi connectivity index (χ1n) is 4.14. The molecule has 0 aliphatic carbocycles. The summed E-state index contributed by atoms with van der Waals surface area (Å²) in [4.78, 5) is 0. The predicted molar refractivity (Wildman–Crippen MR) is 60.8 cm³/mol. The van der Waals surface area contributed by atoms with Gasteiger partial charge in [-0.2, -0.15) is 0 Å². The molecule has 1 rings (SSSR count). The van der Waals surface area contributed by atoms with Crippen LogP contribution in [0.5, 0.6) is 0 Å². The van der Waals surface area contributed by atoms with Crippen molar-refractivity contribution in [3.8, 4) is 0 Å². The van der Waals surface area contributed by atoms with Gasteiger partial charge in [0.15, 0.2) is 0 Å². The summed E-state index contributed by atoms with van der Waals surface area (Å²) >= 11 is 6.65. The van der Waals surface area contributed by atoms with Crippen LogP contribution in [0.2, 0.25) is 0 Å². The Hall–Kier alpha value is 0.110. The molecule has 0 saturated heterocycles. The van der Waals surface area contributed by atoms with Crippen LogP contribution < -0.4 is 0 Å². The van der Waals surface area contributed by atoms with Gasteiger partial charge in [-0.3, -0.25) is 0 Å². The molecule has 1 aromatic rings. The Kier molecular flexibility index (Phi) is 4.39. The number of rotatable bonds is 3. The van der Waals surface area contributed by atoms with Crippen LogP contribution in [0.25, 0.3) is 0 Å². The molecule has 0 fully saturated rings. The van der Waals surface area contributed by atoms with E-state index in [4.69, 9.17) is 0 Å². The summed E-state index contributed by atoms with van der Waals surface area (Å²) in [7, 11) is 0. The number of hydrogen-bond donors (Lipinski definition) is 0. The van der Waals surface area contributed by atoms with E-state index in [1.165, 1.54) is 6.07 Å². The van der Waals surface area contributed by atoms with Gasteiger partial charge >= 0.3 is 0 Å². The van der Waals surface area contributed by atoms with E-state index in [-0.39, 0.29) is 5.82 Å². The van der Waals surface area contributed by atoms with Gasteiger partial charge in [0.25, 0.3) is 0 Å². The second kappa shape index (κ2) is 5.11. The molecule has 0 heterocycles. The minimum absolute atomic E-state index is 0.181. The van der Waals surface area contributed by atoms with Crippen molar-refractivity contribution in [1.82, 2.24) is 0 Å². The molecule has 0 aromatic heterocycles. The van der Waals surface area contributed by atoms with Gasteiger partial charge in [0, 0.05) is 5.33 Å². The summed E-state index contributed by atoms with van der Waals surface area (Å²) in [6, 6.07) is 5.16. The lowest BCUT2D eigenvalue weighted by atomic mass is 10.0. The maximum atomic E-state index is 13.1. The molecule has 0 radical (unpaired) electrons. The predicted octanol–water partition coefficient (Wildman–Crippen LogP) is 4.16. The van der Waals surface area contributed by atoms with Crippen LogP contribution in [0, 0.1) is 11.7 Å². The first kappa shape index (κ1) is 11.2. The Labute approximate surface area is 94.8 Å². The highest BCUT2D eigenvalue weighted by atomic mass is 79.9. The molecule has 0 amide bonds. The summed E-state index contributed by atoms with van der Waals surface area (Å²) in [5.74, 6) is 0.345. The van der Waals surface area contributed by atoms with Gasteiger partial charge in [-0.05, 0) is 39.9 Å². The SMILES string of the molecule is CC(CBr)Cc1cccc(F)c1Br. The van der Waals surface area contributed by atoms with Crippen LogP contribution in [0.1, 0.15) is 12.5 Å². The van der Waals surface area contributed by atoms with Crippen molar-refractivity contribution in [2.24, 2.45) is 5.92 Å². The molecule has 1 atom stereocenters. The fourth-order valence-electron chi connectivity index (χ4n) is 1.14. The molecule has 1 unspecified atom stereocenters. The molecule has 72 valence electrons. The van der Waals surface area contributed by atoms with Crippen molar-refractivity contribution in [2.75, 3.05) is 5.33 Å². The normalized spacial score (nSPS) is 12.9. The lowest BCUT2D eigenvalue weighted by molar-refractivity contribution is 0.608. The molecule has 0 N–H and O–H groups in total. The Balaban J connectivity index is 2.83. The molecule has 0 aliphatic heterocycles. The van der Waals surface area contributed by atoms with Crippen LogP contribution in [0.4, 0.5) is 4.39 Å². The first-order chi connectivity index (χ1) is 6.15. The highest BCUT2D eigenvalue weighted by molar-refractivity contribution is 9.10. The highest BCUT2D eigenvalue weighted by Crippen LogP contribution is 2.23. The number of alkyl halides is 1. The molecule has 0 spiro atoms. The number of benzene rings is 1. The van der Waals surface area contributed by atoms with E-state index >= 15 is 0 Å².